The number of allylic oxidation sites excluding steroid dienone is 2. The highest BCUT2D eigenvalue weighted by molar-refractivity contribution is 5.91. The normalized spacial score (nSPS) is 19.9. The molecule has 0 radical (unpaired) electrons. The van der Waals surface area contributed by atoms with E-state index in [0.29, 0.717) is 18.4 Å². The number of nitrogens with zero attached hydrogens (tertiary/aromatic N) is 4. The second kappa shape index (κ2) is 5.95. The van der Waals surface area contributed by atoms with Crippen molar-refractivity contribution in [2.45, 2.75) is 38.1 Å². The number of anilines is 1. The van der Waals surface area contributed by atoms with Gasteiger partial charge in [0.1, 0.15) is 0 Å². The number of nitrogens with one attached hydrogen (secondary N) is 1. The Morgan fingerprint density at radius 2 is 2.22 bits per heavy atom. The summed E-state index contributed by atoms with van der Waals surface area (Å²) in [6.07, 6.45) is 9.24. The Bertz CT molecular complexity index is 747. The molecule has 0 bridgehead atoms. The molecule has 1 amide bonds. The summed E-state index contributed by atoms with van der Waals surface area (Å²) in [5.41, 5.74) is 1.72. The standard InChI is InChI=1S/C17H19N5O/c23-16(10-12-4-1-2-5-12)18-14-7-3-6-13(11-14)17-19-20-21-22(17)15-8-9-15/h1,3-4,6-7,11-12,15H,2,5,8-10H2,(H,18,23). The van der Waals surface area contributed by atoms with E-state index in [1.54, 1.807) is 0 Å². The Morgan fingerprint density at radius 1 is 1.30 bits per heavy atom. The second-order valence-electron chi connectivity index (χ2n) is 6.28. The zero-order valence-electron chi connectivity index (χ0n) is 12.9. The van der Waals surface area contributed by atoms with E-state index in [4.69, 9.17) is 0 Å². The molecular formula is C17H19N5O. The van der Waals surface area contributed by atoms with Gasteiger partial charge in [-0.2, -0.15) is 0 Å². The molecule has 1 fully saturated rings. The van der Waals surface area contributed by atoms with Gasteiger partial charge in [-0.1, -0.05) is 24.3 Å². The number of benzene rings is 1. The lowest BCUT2D eigenvalue weighted by Gasteiger charge is -2.10. The van der Waals surface area contributed by atoms with Gasteiger partial charge in [-0.05, 0) is 54.2 Å². The van der Waals surface area contributed by atoms with Crippen LogP contribution in [0.3, 0.4) is 0 Å². The summed E-state index contributed by atoms with van der Waals surface area (Å²) in [6.45, 7) is 0. The van der Waals surface area contributed by atoms with Crippen molar-refractivity contribution in [3.63, 3.8) is 0 Å². The molecule has 0 spiro atoms. The zero-order chi connectivity index (χ0) is 15.6. The predicted molar refractivity (Wildman–Crippen MR) is 86.6 cm³/mol. The van der Waals surface area contributed by atoms with Gasteiger partial charge >= 0.3 is 0 Å². The molecule has 0 saturated heterocycles. The van der Waals surface area contributed by atoms with Crippen molar-refractivity contribution in [2.24, 2.45) is 5.92 Å². The van der Waals surface area contributed by atoms with Crippen molar-refractivity contribution >= 4 is 11.6 Å². The number of carbonyl (C=O) groups excluding carboxylic acids is 1. The number of hydrogen-bond donors (Lipinski definition) is 1. The first kappa shape index (κ1) is 14.1. The van der Waals surface area contributed by atoms with Crippen molar-refractivity contribution < 1.29 is 4.79 Å². The van der Waals surface area contributed by atoms with E-state index in [1.165, 1.54) is 0 Å². The Hall–Kier alpha value is -2.50. The first-order valence-corrected chi connectivity index (χ1v) is 8.14. The van der Waals surface area contributed by atoms with Gasteiger partial charge in [-0.15, -0.1) is 5.10 Å². The summed E-state index contributed by atoms with van der Waals surface area (Å²) in [7, 11) is 0. The van der Waals surface area contributed by atoms with E-state index in [-0.39, 0.29) is 5.91 Å². The molecule has 2 aromatic rings. The number of carbonyl (C=O) groups is 1. The van der Waals surface area contributed by atoms with Gasteiger partial charge in [-0.25, -0.2) is 4.68 Å². The lowest BCUT2D eigenvalue weighted by atomic mass is 10.0. The third kappa shape index (κ3) is 3.16. The zero-order valence-corrected chi connectivity index (χ0v) is 12.9. The molecule has 1 atom stereocenters. The minimum atomic E-state index is 0.0560. The Morgan fingerprint density at radius 3 is 3.00 bits per heavy atom. The maximum atomic E-state index is 12.2. The average Bonchev–Trinajstić information content (AvgIpc) is 3.06. The fourth-order valence-electron chi connectivity index (χ4n) is 3.00. The molecule has 4 rings (SSSR count). The van der Waals surface area contributed by atoms with Crippen molar-refractivity contribution in [3.05, 3.63) is 36.4 Å². The SMILES string of the molecule is O=C(CC1C=CCC1)Nc1cccc(-c2nnnn2C2CC2)c1. The molecule has 1 aromatic heterocycles. The van der Waals surface area contributed by atoms with E-state index in [1.807, 2.05) is 28.9 Å². The van der Waals surface area contributed by atoms with Gasteiger partial charge in [0.05, 0.1) is 6.04 Å². The van der Waals surface area contributed by atoms with Crippen molar-refractivity contribution in [3.8, 4) is 11.4 Å². The molecule has 1 aromatic carbocycles. The van der Waals surface area contributed by atoms with E-state index < -0.39 is 0 Å². The average molecular weight is 309 g/mol. The van der Waals surface area contributed by atoms with Crippen LogP contribution in [-0.2, 0) is 4.79 Å². The lowest BCUT2D eigenvalue weighted by Crippen LogP contribution is -2.14. The van der Waals surface area contributed by atoms with Crippen LogP contribution in [0.2, 0.25) is 0 Å². The highest BCUT2D eigenvalue weighted by Gasteiger charge is 2.28. The molecule has 2 aliphatic carbocycles. The summed E-state index contributed by atoms with van der Waals surface area (Å²) < 4.78 is 1.88. The van der Waals surface area contributed by atoms with E-state index >= 15 is 0 Å². The first-order chi connectivity index (χ1) is 11.3. The third-order valence-electron chi connectivity index (χ3n) is 4.35. The van der Waals surface area contributed by atoms with Crippen molar-refractivity contribution in [1.82, 2.24) is 20.2 Å². The molecule has 118 valence electrons. The number of amides is 1. The molecule has 6 heteroatoms. The van der Waals surface area contributed by atoms with Crippen LogP contribution in [0.1, 0.15) is 38.1 Å². The number of rotatable bonds is 5. The summed E-state index contributed by atoms with van der Waals surface area (Å²) in [5, 5.41) is 15.0. The van der Waals surface area contributed by atoms with Crippen LogP contribution in [0.15, 0.2) is 36.4 Å². The van der Waals surface area contributed by atoms with E-state index in [2.05, 4.69) is 33.0 Å². The smallest absolute Gasteiger partial charge is 0.224 e. The van der Waals surface area contributed by atoms with Crippen LogP contribution in [0.4, 0.5) is 5.69 Å². The van der Waals surface area contributed by atoms with E-state index in [0.717, 1.165) is 42.8 Å². The largest absolute Gasteiger partial charge is 0.326 e. The number of aromatic nitrogens is 4. The first-order valence-electron chi connectivity index (χ1n) is 8.14. The monoisotopic (exact) mass is 309 g/mol. The number of tetrazole rings is 1. The van der Waals surface area contributed by atoms with Gasteiger partial charge in [0.2, 0.25) is 5.91 Å². The summed E-state index contributed by atoms with van der Waals surface area (Å²) in [6, 6.07) is 8.16. The molecule has 6 nitrogen and oxygen atoms in total. The quantitative estimate of drug-likeness (QED) is 0.862. The van der Waals surface area contributed by atoms with Gasteiger partial charge in [0, 0.05) is 17.7 Å². The van der Waals surface area contributed by atoms with Crippen LogP contribution >= 0.6 is 0 Å². The Labute approximate surface area is 134 Å². The van der Waals surface area contributed by atoms with Crippen LogP contribution in [-0.4, -0.2) is 26.1 Å². The van der Waals surface area contributed by atoms with Crippen LogP contribution < -0.4 is 5.32 Å². The predicted octanol–water partition coefficient (Wildman–Crippen LogP) is 2.97. The van der Waals surface area contributed by atoms with Gasteiger partial charge in [0.25, 0.3) is 0 Å². The Balaban J connectivity index is 1.48. The molecule has 0 aliphatic heterocycles. The summed E-state index contributed by atoms with van der Waals surface area (Å²) >= 11 is 0. The van der Waals surface area contributed by atoms with E-state index in [9.17, 15) is 4.79 Å². The minimum Gasteiger partial charge on any atom is -0.326 e. The topological polar surface area (TPSA) is 72.7 Å². The van der Waals surface area contributed by atoms with Crippen LogP contribution in [0.5, 0.6) is 0 Å². The second-order valence-corrected chi connectivity index (χ2v) is 6.28. The molecule has 23 heavy (non-hydrogen) atoms. The molecule has 1 heterocycles. The number of hydrogen-bond acceptors (Lipinski definition) is 4. The van der Waals surface area contributed by atoms with Crippen LogP contribution in [0, 0.1) is 5.92 Å². The minimum absolute atomic E-state index is 0.0560. The molecule has 1 N–H and O–H groups in total. The molecule has 1 saturated carbocycles. The highest BCUT2D eigenvalue weighted by Crippen LogP contribution is 2.36. The maximum absolute atomic E-state index is 12.2. The lowest BCUT2D eigenvalue weighted by molar-refractivity contribution is -0.116. The van der Waals surface area contributed by atoms with Crippen molar-refractivity contribution in [2.75, 3.05) is 5.32 Å². The molecular weight excluding hydrogens is 290 g/mol. The summed E-state index contributed by atoms with van der Waals surface area (Å²) in [5.74, 6) is 1.20. The van der Waals surface area contributed by atoms with Gasteiger partial charge in [-0.3, -0.25) is 4.79 Å². The highest BCUT2D eigenvalue weighted by atomic mass is 16.1. The summed E-state index contributed by atoms with van der Waals surface area (Å²) in [4.78, 5) is 12.2. The maximum Gasteiger partial charge on any atom is 0.224 e. The van der Waals surface area contributed by atoms with Gasteiger partial charge < -0.3 is 5.32 Å². The van der Waals surface area contributed by atoms with Crippen LogP contribution in [0.25, 0.3) is 11.4 Å². The van der Waals surface area contributed by atoms with Gasteiger partial charge in [0.15, 0.2) is 5.82 Å². The fraction of sp³-hybridized carbons (Fsp3) is 0.412. The third-order valence-corrected chi connectivity index (χ3v) is 4.35. The molecule has 1 unspecified atom stereocenters. The fourth-order valence-corrected chi connectivity index (χ4v) is 3.00. The molecule has 2 aliphatic rings. The van der Waals surface area contributed by atoms with Crippen molar-refractivity contribution in [1.29, 1.82) is 0 Å². The Kier molecular flexibility index (Phi) is 3.65.